The summed E-state index contributed by atoms with van der Waals surface area (Å²) in [6, 6.07) is 0. The van der Waals surface area contributed by atoms with Gasteiger partial charge in [0.2, 0.25) is 5.28 Å². The van der Waals surface area contributed by atoms with Crippen molar-refractivity contribution in [2.45, 2.75) is 63.2 Å². The van der Waals surface area contributed by atoms with Crippen LogP contribution in [0.2, 0.25) is 5.28 Å². The van der Waals surface area contributed by atoms with E-state index in [0.717, 1.165) is 12.4 Å². The number of hydrogen-bond donors (Lipinski definition) is 0. The van der Waals surface area contributed by atoms with E-state index in [4.69, 9.17) is 11.6 Å². The summed E-state index contributed by atoms with van der Waals surface area (Å²) in [4.78, 5) is 0. The number of nitrogens with zero attached hydrogens (tertiary/aromatic N) is 3. The second-order valence-corrected chi connectivity index (χ2v) is 7.13. The zero-order valence-electron chi connectivity index (χ0n) is 11.4. The third kappa shape index (κ3) is 2.85. The summed E-state index contributed by atoms with van der Waals surface area (Å²) in [5.41, 5.74) is 0. The molecule has 102 valence electrons. The highest BCUT2D eigenvalue weighted by atomic mass is 35.5. The molecule has 2 rings (SSSR count). The van der Waals surface area contributed by atoms with Gasteiger partial charge in [-0.25, -0.2) is 0 Å². The normalized spacial score (nSPS) is 19.4. The Morgan fingerprint density at radius 1 is 1.28 bits per heavy atom. The van der Waals surface area contributed by atoms with Crippen molar-refractivity contribution in [2.75, 3.05) is 6.26 Å². The topological polar surface area (TPSA) is 30.7 Å². The van der Waals surface area contributed by atoms with Crippen molar-refractivity contribution < 1.29 is 0 Å². The van der Waals surface area contributed by atoms with Crippen molar-refractivity contribution in [3.63, 3.8) is 0 Å². The molecule has 0 aliphatic heterocycles. The average Bonchev–Trinajstić information content (AvgIpc) is 2.72. The summed E-state index contributed by atoms with van der Waals surface area (Å²) in [5.74, 6) is 1.38. The molecule has 1 aromatic heterocycles. The van der Waals surface area contributed by atoms with Crippen LogP contribution < -0.4 is 0 Å². The van der Waals surface area contributed by atoms with Crippen LogP contribution in [0.25, 0.3) is 0 Å². The second-order valence-electron chi connectivity index (χ2n) is 5.52. The molecule has 0 aromatic carbocycles. The smallest absolute Gasteiger partial charge is 0.225 e. The first-order valence-electron chi connectivity index (χ1n) is 6.72. The van der Waals surface area contributed by atoms with E-state index in [1.165, 1.54) is 32.1 Å². The van der Waals surface area contributed by atoms with Crippen molar-refractivity contribution in [1.29, 1.82) is 0 Å². The fourth-order valence-corrected chi connectivity index (χ4v) is 3.92. The molecule has 3 nitrogen and oxygen atoms in total. The largest absolute Gasteiger partial charge is 0.300 e. The van der Waals surface area contributed by atoms with Crippen LogP contribution in [0, 0.1) is 0 Å². The number of rotatable bonds is 4. The van der Waals surface area contributed by atoms with Gasteiger partial charge in [0.05, 0.1) is 0 Å². The Morgan fingerprint density at radius 2 is 1.94 bits per heavy atom. The lowest BCUT2D eigenvalue weighted by Crippen LogP contribution is -2.33. The van der Waals surface area contributed by atoms with Crippen LogP contribution in [-0.2, 0) is 6.54 Å². The van der Waals surface area contributed by atoms with Crippen LogP contribution in [0.1, 0.15) is 57.7 Å². The van der Waals surface area contributed by atoms with Crippen molar-refractivity contribution in [1.82, 2.24) is 14.8 Å². The van der Waals surface area contributed by atoms with E-state index in [9.17, 15) is 0 Å². The fourth-order valence-electron chi connectivity index (χ4n) is 2.78. The molecule has 0 amide bonds. The van der Waals surface area contributed by atoms with Crippen LogP contribution in [-0.4, -0.2) is 25.8 Å². The number of aromatic nitrogens is 3. The van der Waals surface area contributed by atoms with Gasteiger partial charge in [-0.2, -0.15) is 11.8 Å². The lowest BCUT2D eigenvalue weighted by molar-refractivity contribution is 0.353. The van der Waals surface area contributed by atoms with E-state index < -0.39 is 0 Å². The Balaban J connectivity index is 2.23. The molecule has 18 heavy (non-hydrogen) atoms. The van der Waals surface area contributed by atoms with Crippen molar-refractivity contribution in [2.24, 2.45) is 0 Å². The lowest BCUT2D eigenvalue weighted by Gasteiger charge is -2.36. The first-order chi connectivity index (χ1) is 8.58. The number of hydrogen-bond acceptors (Lipinski definition) is 3. The molecule has 1 aliphatic carbocycles. The zero-order valence-corrected chi connectivity index (χ0v) is 13.0. The average molecular weight is 288 g/mol. The Hall–Kier alpha value is -0.220. The summed E-state index contributed by atoms with van der Waals surface area (Å²) in [5, 5.41) is 8.80. The number of thioether (sulfide) groups is 1. The van der Waals surface area contributed by atoms with Gasteiger partial charge in [-0.15, -0.1) is 10.2 Å². The summed E-state index contributed by atoms with van der Waals surface area (Å²) in [7, 11) is 0. The third-order valence-electron chi connectivity index (χ3n) is 3.89. The van der Waals surface area contributed by atoms with Crippen molar-refractivity contribution in [3.8, 4) is 0 Å². The van der Waals surface area contributed by atoms with E-state index in [1.54, 1.807) is 0 Å². The summed E-state index contributed by atoms with van der Waals surface area (Å²) >= 11 is 8.19. The van der Waals surface area contributed by atoms with Crippen molar-refractivity contribution in [3.05, 3.63) is 11.1 Å². The van der Waals surface area contributed by atoms with Crippen LogP contribution in [0.5, 0.6) is 0 Å². The molecule has 1 saturated carbocycles. The van der Waals surface area contributed by atoms with Gasteiger partial charge in [-0.1, -0.05) is 33.1 Å². The number of halogens is 1. The Morgan fingerprint density at radius 3 is 2.50 bits per heavy atom. The first kappa shape index (κ1) is 14.2. The minimum Gasteiger partial charge on any atom is -0.300 e. The van der Waals surface area contributed by atoms with Crippen LogP contribution >= 0.6 is 23.4 Å². The fraction of sp³-hybridized carbons (Fsp3) is 0.846. The van der Waals surface area contributed by atoms with Gasteiger partial charge in [-0.3, -0.25) is 0 Å². The Labute approximate surface area is 119 Å². The van der Waals surface area contributed by atoms with Crippen LogP contribution in [0.3, 0.4) is 0 Å². The van der Waals surface area contributed by atoms with E-state index in [1.807, 2.05) is 11.8 Å². The molecular weight excluding hydrogens is 266 g/mol. The molecule has 0 radical (unpaired) electrons. The van der Waals surface area contributed by atoms with E-state index in [2.05, 4.69) is 34.9 Å². The van der Waals surface area contributed by atoms with Gasteiger partial charge in [0.1, 0.15) is 5.82 Å². The molecular formula is C13H22ClN3S. The Bertz CT molecular complexity index is 397. The quantitative estimate of drug-likeness (QED) is 0.834. The van der Waals surface area contributed by atoms with Gasteiger partial charge >= 0.3 is 0 Å². The summed E-state index contributed by atoms with van der Waals surface area (Å²) in [6.07, 6.45) is 8.81. The van der Waals surface area contributed by atoms with Gasteiger partial charge in [0.15, 0.2) is 0 Å². The molecule has 5 heteroatoms. The maximum absolute atomic E-state index is 6.21. The molecule has 1 heterocycles. The van der Waals surface area contributed by atoms with Crippen LogP contribution in [0.15, 0.2) is 0 Å². The highest BCUT2D eigenvalue weighted by molar-refractivity contribution is 8.00. The minimum atomic E-state index is 0.327. The predicted molar refractivity (Wildman–Crippen MR) is 78.5 cm³/mol. The van der Waals surface area contributed by atoms with E-state index in [-0.39, 0.29) is 0 Å². The van der Waals surface area contributed by atoms with E-state index >= 15 is 0 Å². The van der Waals surface area contributed by atoms with Crippen LogP contribution in [0.4, 0.5) is 0 Å². The third-order valence-corrected chi connectivity index (χ3v) is 5.58. The molecule has 0 atom stereocenters. The standard InChI is InChI=1S/C13H22ClN3S/c1-10(2)11-15-16-12(14)17(11)9-13(18-3)7-5-4-6-8-13/h10H,4-9H2,1-3H3. The van der Waals surface area contributed by atoms with Gasteiger partial charge in [-0.05, 0) is 30.7 Å². The second kappa shape index (κ2) is 5.83. The zero-order chi connectivity index (χ0) is 13.2. The Kier molecular flexibility index (Phi) is 4.59. The predicted octanol–water partition coefficient (Wildman–Crippen LogP) is 4.12. The highest BCUT2D eigenvalue weighted by Crippen LogP contribution is 2.40. The minimum absolute atomic E-state index is 0.327. The first-order valence-corrected chi connectivity index (χ1v) is 8.32. The molecule has 1 aromatic rings. The molecule has 0 N–H and O–H groups in total. The summed E-state index contributed by atoms with van der Waals surface area (Å²) < 4.78 is 2.45. The molecule has 1 aliphatic rings. The van der Waals surface area contributed by atoms with Crippen molar-refractivity contribution >= 4 is 23.4 Å². The van der Waals surface area contributed by atoms with Gasteiger partial charge in [0, 0.05) is 17.2 Å². The molecule has 1 fully saturated rings. The maximum atomic E-state index is 6.21. The van der Waals surface area contributed by atoms with Gasteiger partial charge < -0.3 is 4.57 Å². The van der Waals surface area contributed by atoms with Gasteiger partial charge in [0.25, 0.3) is 0 Å². The molecule has 0 spiro atoms. The lowest BCUT2D eigenvalue weighted by atomic mass is 9.88. The monoisotopic (exact) mass is 287 g/mol. The SMILES string of the molecule is CSC1(Cn2c(Cl)nnc2C(C)C)CCCCC1. The molecule has 0 bridgehead atoms. The molecule has 0 unspecified atom stereocenters. The molecule has 0 saturated heterocycles. The summed E-state index contributed by atoms with van der Waals surface area (Å²) in [6.45, 7) is 5.24. The highest BCUT2D eigenvalue weighted by Gasteiger charge is 2.33. The maximum Gasteiger partial charge on any atom is 0.225 e. The van der Waals surface area contributed by atoms with E-state index in [0.29, 0.717) is 15.9 Å².